The van der Waals surface area contributed by atoms with Gasteiger partial charge < -0.3 is 5.32 Å². The summed E-state index contributed by atoms with van der Waals surface area (Å²) in [6.45, 7) is 6.99. The largest absolute Gasteiger partial charge is 0.384 e. The quantitative estimate of drug-likeness (QED) is 0.826. The molecule has 0 fully saturated rings. The van der Waals surface area contributed by atoms with Crippen LogP contribution in [0.5, 0.6) is 0 Å². The first-order valence-corrected chi connectivity index (χ1v) is 8.18. The molecule has 1 N–H and O–H groups in total. The molecule has 0 aliphatic heterocycles. The molecule has 0 amide bonds. The normalized spacial score (nSPS) is 11.8. The Kier molecular flexibility index (Phi) is 5.66. The molecular formula is C14H23NO2S. The molecule has 3 nitrogen and oxygen atoms in total. The van der Waals surface area contributed by atoms with E-state index < -0.39 is 9.84 Å². The molecule has 0 aromatic heterocycles. The predicted octanol–water partition coefficient (Wildman–Crippen LogP) is 3.33. The number of anilines is 1. The molecule has 18 heavy (non-hydrogen) atoms. The topological polar surface area (TPSA) is 46.2 Å². The van der Waals surface area contributed by atoms with E-state index in [0.717, 1.165) is 18.7 Å². The summed E-state index contributed by atoms with van der Waals surface area (Å²) in [5, 5.41) is 3.23. The molecule has 0 heterocycles. The highest BCUT2D eigenvalue weighted by atomic mass is 32.2. The van der Waals surface area contributed by atoms with E-state index in [4.69, 9.17) is 0 Å². The average Bonchev–Trinajstić information content (AvgIpc) is 2.29. The number of nitrogens with one attached hydrogen (secondary N) is 1. The smallest absolute Gasteiger partial charge is 0.180 e. The van der Waals surface area contributed by atoms with E-state index in [2.05, 4.69) is 19.2 Å². The van der Waals surface area contributed by atoms with Crippen molar-refractivity contribution in [3.8, 4) is 0 Å². The molecule has 1 rings (SSSR count). The lowest BCUT2D eigenvalue weighted by Gasteiger charge is -2.13. The zero-order chi connectivity index (χ0) is 13.6. The maximum atomic E-state index is 12.1. The third-order valence-electron chi connectivity index (χ3n) is 2.73. The van der Waals surface area contributed by atoms with Crippen molar-refractivity contribution in [1.29, 1.82) is 0 Å². The molecule has 0 atom stereocenters. The minimum atomic E-state index is -3.15. The van der Waals surface area contributed by atoms with Crippen molar-refractivity contribution in [3.63, 3.8) is 0 Å². The van der Waals surface area contributed by atoms with E-state index in [1.54, 1.807) is 12.1 Å². The Hall–Kier alpha value is -1.03. The summed E-state index contributed by atoms with van der Waals surface area (Å²) in [7, 11) is -3.15. The fourth-order valence-corrected chi connectivity index (χ4v) is 3.28. The van der Waals surface area contributed by atoms with E-state index in [0.29, 0.717) is 17.2 Å². The third kappa shape index (κ3) is 4.33. The van der Waals surface area contributed by atoms with Crippen LogP contribution in [-0.4, -0.2) is 20.7 Å². The highest BCUT2D eigenvalue weighted by Crippen LogP contribution is 2.22. The highest BCUT2D eigenvalue weighted by Gasteiger charge is 2.16. The van der Waals surface area contributed by atoms with E-state index in [1.165, 1.54) is 0 Å². The lowest BCUT2D eigenvalue weighted by atomic mass is 10.1. The first-order valence-electron chi connectivity index (χ1n) is 6.53. The molecule has 102 valence electrons. The van der Waals surface area contributed by atoms with Gasteiger partial charge in [0.2, 0.25) is 0 Å². The Balaban J connectivity index is 2.86. The Labute approximate surface area is 111 Å². The first kappa shape index (κ1) is 15.0. The van der Waals surface area contributed by atoms with Crippen molar-refractivity contribution in [2.24, 2.45) is 5.92 Å². The molecule has 0 aliphatic rings. The van der Waals surface area contributed by atoms with Gasteiger partial charge in [-0.25, -0.2) is 8.42 Å². The van der Waals surface area contributed by atoms with Gasteiger partial charge in [-0.15, -0.1) is 0 Å². The number of para-hydroxylation sites is 1. The zero-order valence-electron chi connectivity index (χ0n) is 11.4. The van der Waals surface area contributed by atoms with Crippen molar-refractivity contribution in [3.05, 3.63) is 24.3 Å². The van der Waals surface area contributed by atoms with Gasteiger partial charge in [-0.2, -0.15) is 0 Å². The van der Waals surface area contributed by atoms with Gasteiger partial charge in [0, 0.05) is 6.54 Å². The molecule has 1 aromatic carbocycles. The second-order valence-corrected chi connectivity index (χ2v) is 7.00. The summed E-state index contributed by atoms with van der Waals surface area (Å²) in [6.07, 6.45) is 1.67. The summed E-state index contributed by atoms with van der Waals surface area (Å²) in [6, 6.07) is 7.16. The Morgan fingerprint density at radius 2 is 1.89 bits per heavy atom. The Morgan fingerprint density at radius 1 is 1.22 bits per heavy atom. The number of sulfone groups is 1. The average molecular weight is 269 g/mol. The van der Waals surface area contributed by atoms with Crippen LogP contribution in [0.15, 0.2) is 29.2 Å². The van der Waals surface area contributed by atoms with E-state index in [1.807, 2.05) is 19.1 Å². The van der Waals surface area contributed by atoms with Crippen molar-refractivity contribution in [2.45, 2.75) is 38.5 Å². The second-order valence-electron chi connectivity index (χ2n) is 4.92. The SMILES string of the molecule is CCCS(=O)(=O)c1ccccc1NCCC(C)C. The standard InChI is InChI=1S/C14H23NO2S/c1-4-11-18(16,17)14-8-6-5-7-13(14)15-10-9-12(2)3/h5-8,12,15H,4,9-11H2,1-3H3. The zero-order valence-corrected chi connectivity index (χ0v) is 12.3. The molecule has 0 unspecified atom stereocenters. The summed E-state index contributed by atoms with van der Waals surface area (Å²) in [5.41, 5.74) is 0.728. The van der Waals surface area contributed by atoms with E-state index in [-0.39, 0.29) is 5.75 Å². The van der Waals surface area contributed by atoms with Crippen LogP contribution in [0, 0.1) is 5.92 Å². The fraction of sp³-hybridized carbons (Fsp3) is 0.571. The minimum Gasteiger partial charge on any atom is -0.384 e. The monoisotopic (exact) mass is 269 g/mol. The fourth-order valence-electron chi connectivity index (χ4n) is 1.76. The maximum absolute atomic E-state index is 12.1. The van der Waals surface area contributed by atoms with Gasteiger partial charge in [-0.1, -0.05) is 32.9 Å². The van der Waals surface area contributed by atoms with Gasteiger partial charge in [0.25, 0.3) is 0 Å². The van der Waals surface area contributed by atoms with Crippen LogP contribution in [0.3, 0.4) is 0 Å². The lowest BCUT2D eigenvalue weighted by Crippen LogP contribution is -2.11. The van der Waals surface area contributed by atoms with Gasteiger partial charge >= 0.3 is 0 Å². The molecule has 0 radical (unpaired) electrons. The molecular weight excluding hydrogens is 246 g/mol. The highest BCUT2D eigenvalue weighted by molar-refractivity contribution is 7.91. The van der Waals surface area contributed by atoms with Gasteiger partial charge in [0.1, 0.15) is 0 Å². The predicted molar refractivity (Wildman–Crippen MR) is 76.7 cm³/mol. The van der Waals surface area contributed by atoms with Gasteiger partial charge in [0.05, 0.1) is 16.3 Å². The van der Waals surface area contributed by atoms with Crippen LogP contribution in [-0.2, 0) is 9.84 Å². The van der Waals surface area contributed by atoms with Gasteiger partial charge in [-0.05, 0) is 30.9 Å². The molecule has 1 aromatic rings. The Bertz CT molecular complexity index is 466. The lowest BCUT2D eigenvalue weighted by molar-refractivity contribution is 0.594. The molecule has 0 spiro atoms. The maximum Gasteiger partial charge on any atom is 0.180 e. The van der Waals surface area contributed by atoms with Crippen molar-refractivity contribution < 1.29 is 8.42 Å². The number of hydrogen-bond donors (Lipinski definition) is 1. The van der Waals surface area contributed by atoms with Crippen molar-refractivity contribution in [2.75, 3.05) is 17.6 Å². The van der Waals surface area contributed by atoms with Crippen LogP contribution < -0.4 is 5.32 Å². The Morgan fingerprint density at radius 3 is 2.50 bits per heavy atom. The number of hydrogen-bond acceptors (Lipinski definition) is 3. The van der Waals surface area contributed by atoms with Crippen LogP contribution in [0.25, 0.3) is 0 Å². The molecule has 4 heteroatoms. The summed E-state index contributed by atoms with van der Waals surface area (Å²) in [5.74, 6) is 0.812. The third-order valence-corrected chi connectivity index (χ3v) is 4.70. The minimum absolute atomic E-state index is 0.204. The molecule has 0 bridgehead atoms. The van der Waals surface area contributed by atoms with E-state index >= 15 is 0 Å². The summed E-state index contributed by atoms with van der Waals surface area (Å²) < 4.78 is 24.2. The van der Waals surface area contributed by atoms with Crippen LogP contribution in [0.2, 0.25) is 0 Å². The molecule has 0 saturated carbocycles. The molecule has 0 aliphatic carbocycles. The summed E-state index contributed by atoms with van der Waals surface area (Å²) >= 11 is 0. The van der Waals surface area contributed by atoms with Gasteiger partial charge in [0.15, 0.2) is 9.84 Å². The van der Waals surface area contributed by atoms with Crippen LogP contribution in [0.1, 0.15) is 33.6 Å². The second kappa shape index (κ2) is 6.78. The van der Waals surface area contributed by atoms with Crippen LogP contribution >= 0.6 is 0 Å². The van der Waals surface area contributed by atoms with Crippen LogP contribution in [0.4, 0.5) is 5.69 Å². The molecule has 0 saturated heterocycles. The van der Waals surface area contributed by atoms with Gasteiger partial charge in [-0.3, -0.25) is 0 Å². The van der Waals surface area contributed by atoms with Crippen molar-refractivity contribution in [1.82, 2.24) is 0 Å². The van der Waals surface area contributed by atoms with E-state index in [9.17, 15) is 8.42 Å². The number of rotatable bonds is 7. The first-order chi connectivity index (χ1) is 8.47. The number of benzene rings is 1. The summed E-state index contributed by atoms with van der Waals surface area (Å²) in [4.78, 5) is 0.426. The van der Waals surface area contributed by atoms with Crippen molar-refractivity contribution >= 4 is 15.5 Å².